The maximum absolute atomic E-state index is 2.47. The number of rotatable bonds is 0. The van der Waals surface area contributed by atoms with Gasteiger partial charge in [-0.3, -0.25) is 0 Å². The van der Waals surface area contributed by atoms with Crippen LogP contribution >= 0.6 is 0 Å². The third kappa shape index (κ3) is 0.299. The van der Waals surface area contributed by atoms with E-state index in [-0.39, 0.29) is 0 Å². The van der Waals surface area contributed by atoms with Gasteiger partial charge in [-0.1, -0.05) is 0 Å². The van der Waals surface area contributed by atoms with Gasteiger partial charge in [-0.05, 0) is 0 Å². The predicted octanol–water partition coefficient (Wildman–Crippen LogP) is 0.693. The second-order valence-electron chi connectivity index (χ2n) is 0.826. The third-order valence-electron chi connectivity index (χ3n) is 0.471. The molecule has 0 bridgehead atoms. The molecule has 0 radical (unpaired) electrons. The average molecular weight is 225 g/mol. The van der Waals surface area contributed by atoms with Crippen molar-refractivity contribution in [3.8, 4) is 0 Å². The van der Waals surface area contributed by atoms with Crippen LogP contribution in [0.3, 0.4) is 0 Å². The van der Waals surface area contributed by atoms with Crippen LogP contribution in [0.5, 0.6) is 0 Å². The van der Waals surface area contributed by atoms with Crippen LogP contribution in [0.4, 0.5) is 0 Å². The molecule has 0 aromatic heterocycles. The van der Waals surface area contributed by atoms with Gasteiger partial charge in [-0.25, -0.2) is 0 Å². The summed E-state index contributed by atoms with van der Waals surface area (Å²) in [5.41, 5.74) is 0. The molecule has 0 fully saturated rings. The molecule has 0 nitrogen and oxygen atoms in total. The fourth-order valence-electron chi connectivity index (χ4n) is 0.118. The van der Waals surface area contributed by atoms with Crippen molar-refractivity contribution in [2.45, 2.75) is 11.2 Å². The number of hydrogen-bond donors (Lipinski definition) is 0. The van der Waals surface area contributed by atoms with E-state index in [0.717, 1.165) is 0 Å². The summed E-state index contributed by atoms with van der Waals surface area (Å²) in [5.74, 6) is 0. The van der Waals surface area contributed by atoms with Crippen LogP contribution in [0.15, 0.2) is 0 Å². The zero-order valence-corrected chi connectivity index (χ0v) is 5.33. The fourth-order valence-corrected chi connectivity index (χ4v) is 0.965. The Bertz CT molecular complexity index is 32.5. The Balaban J connectivity index is 2.47. The van der Waals surface area contributed by atoms with Gasteiger partial charge in [0.1, 0.15) is 0 Å². The van der Waals surface area contributed by atoms with Gasteiger partial charge in [0.25, 0.3) is 0 Å². The van der Waals surface area contributed by atoms with Crippen molar-refractivity contribution in [3.63, 3.8) is 0 Å². The van der Waals surface area contributed by atoms with Gasteiger partial charge in [-0.15, -0.1) is 0 Å². The third-order valence-corrected chi connectivity index (χ3v) is 3.86. The van der Waals surface area contributed by atoms with Crippen molar-refractivity contribution in [2.75, 3.05) is 0 Å². The molecule has 1 rings (SSSR count). The van der Waals surface area contributed by atoms with Gasteiger partial charge in [-0.2, -0.15) is 0 Å². The monoisotopic (exact) mass is 225 g/mol. The molecule has 0 saturated carbocycles. The van der Waals surface area contributed by atoms with E-state index in [0.29, 0.717) is 18.1 Å². The fraction of sp³-hybridized carbons (Fsp3) is 0.667. The Morgan fingerprint density at radius 3 is 2.00 bits per heavy atom. The SMILES string of the molecule is [CH]1=[W][CH2]C1. The van der Waals surface area contributed by atoms with E-state index >= 15 is 0 Å². The van der Waals surface area contributed by atoms with Crippen LogP contribution in [-0.2, 0) is 18.1 Å². The van der Waals surface area contributed by atoms with E-state index in [1.54, 1.807) is 4.81 Å². The summed E-state index contributed by atoms with van der Waals surface area (Å²) in [7, 11) is 0. The molecule has 0 N–H and O–H groups in total. The Morgan fingerprint density at radius 1 is 1.75 bits per heavy atom. The van der Waals surface area contributed by atoms with Gasteiger partial charge in [0.2, 0.25) is 0 Å². The summed E-state index contributed by atoms with van der Waals surface area (Å²) in [6.07, 6.45) is 1.45. The van der Waals surface area contributed by atoms with Crippen LogP contribution in [0.25, 0.3) is 0 Å². The molecular weight excluding hydrogens is 220 g/mol. The molecular formula is C3H5W. The van der Waals surface area contributed by atoms with E-state index < -0.39 is 0 Å². The van der Waals surface area contributed by atoms with Crippen molar-refractivity contribution in [2.24, 2.45) is 0 Å². The van der Waals surface area contributed by atoms with Gasteiger partial charge in [0.05, 0.1) is 0 Å². The van der Waals surface area contributed by atoms with E-state index in [1.165, 1.54) is 6.42 Å². The molecule has 0 atom stereocenters. The predicted molar refractivity (Wildman–Crippen MR) is 15.5 cm³/mol. The van der Waals surface area contributed by atoms with E-state index in [9.17, 15) is 0 Å². The molecule has 0 spiro atoms. The molecule has 1 heteroatoms. The molecule has 0 aromatic rings. The Hall–Kier alpha value is 0.558. The van der Waals surface area contributed by atoms with Gasteiger partial charge in [0.15, 0.2) is 0 Å². The first-order valence-corrected chi connectivity index (χ1v) is 5.20. The van der Waals surface area contributed by atoms with Crippen molar-refractivity contribution in [1.82, 2.24) is 0 Å². The van der Waals surface area contributed by atoms with Gasteiger partial charge < -0.3 is 0 Å². The topological polar surface area (TPSA) is 0 Å². The van der Waals surface area contributed by atoms with Crippen molar-refractivity contribution >= 4 is 4.40 Å². The van der Waals surface area contributed by atoms with Crippen LogP contribution < -0.4 is 0 Å². The summed E-state index contributed by atoms with van der Waals surface area (Å²) in [6.45, 7) is 0. The molecule has 1 aliphatic heterocycles. The Morgan fingerprint density at radius 2 is 2.00 bits per heavy atom. The quantitative estimate of drug-likeness (QED) is 0.569. The summed E-state index contributed by atoms with van der Waals surface area (Å²) in [4.78, 5) is 1.61. The van der Waals surface area contributed by atoms with Crippen LogP contribution in [0, 0.1) is 0 Å². The molecule has 0 aliphatic carbocycles. The first kappa shape index (κ1) is 2.78. The molecule has 0 aromatic carbocycles. The summed E-state index contributed by atoms with van der Waals surface area (Å²) in [5, 5.41) is 0. The van der Waals surface area contributed by atoms with Crippen molar-refractivity contribution < 1.29 is 18.1 Å². The Kier molecular flexibility index (Phi) is 0.778. The zero-order valence-electron chi connectivity index (χ0n) is 2.40. The minimum absolute atomic E-state index is 0.301. The molecule has 1 heterocycles. The van der Waals surface area contributed by atoms with Gasteiger partial charge >= 0.3 is 33.7 Å². The average Bonchev–Trinajstić information content (AvgIpc) is 0.722. The van der Waals surface area contributed by atoms with E-state index in [1.807, 2.05) is 0 Å². The van der Waals surface area contributed by atoms with Crippen LogP contribution in [0.1, 0.15) is 6.42 Å². The first-order chi connectivity index (χ1) is 2.00. The van der Waals surface area contributed by atoms with Crippen molar-refractivity contribution in [1.29, 1.82) is 0 Å². The molecule has 0 unspecified atom stereocenters. The van der Waals surface area contributed by atoms with E-state index in [2.05, 4.69) is 4.40 Å². The Labute approximate surface area is 34.3 Å². The second kappa shape index (κ2) is 1.12. The molecule has 0 saturated heterocycles. The normalized spacial score (nSPS) is 20.0. The van der Waals surface area contributed by atoms with Crippen LogP contribution in [0.2, 0.25) is 4.81 Å². The molecule has 1 aliphatic rings. The van der Waals surface area contributed by atoms with Crippen molar-refractivity contribution in [3.05, 3.63) is 0 Å². The summed E-state index contributed by atoms with van der Waals surface area (Å²) >= 11 is 0.301. The van der Waals surface area contributed by atoms with E-state index in [4.69, 9.17) is 0 Å². The standard InChI is InChI=1S/C3H5.W/c1-3-2;/h1H,2-3H2;. The molecule has 23 valence electrons. The minimum atomic E-state index is 0.301. The molecule has 4 heavy (non-hydrogen) atoms. The molecule has 0 amide bonds. The maximum atomic E-state index is 2.47. The zero-order chi connectivity index (χ0) is 2.83. The summed E-state index contributed by atoms with van der Waals surface area (Å²) in [6, 6.07) is 0. The number of hydrogen-bond acceptors (Lipinski definition) is 0. The van der Waals surface area contributed by atoms with Gasteiger partial charge in [0, 0.05) is 0 Å². The summed E-state index contributed by atoms with van der Waals surface area (Å²) < 4.78 is 2.47. The first-order valence-electron chi connectivity index (χ1n) is 1.43. The van der Waals surface area contributed by atoms with Crippen LogP contribution in [-0.4, -0.2) is 4.40 Å². The second-order valence-corrected chi connectivity index (χ2v) is 4.69.